The Kier molecular flexibility index (Phi) is 4.70. The minimum absolute atomic E-state index is 0.00717. The predicted octanol–water partition coefficient (Wildman–Crippen LogP) is 1.54. The molecule has 1 aliphatic heterocycles. The van der Waals surface area contributed by atoms with Crippen LogP contribution in [0.15, 0.2) is 12.7 Å². The summed E-state index contributed by atoms with van der Waals surface area (Å²) in [6.45, 7) is 2.78. The Morgan fingerprint density at radius 3 is 2.75 bits per heavy atom. The lowest BCUT2D eigenvalue weighted by molar-refractivity contribution is -0.156. The van der Waals surface area contributed by atoms with Crippen molar-refractivity contribution in [2.75, 3.05) is 26.2 Å². The SMILES string of the molecule is O=C(NCCN1CCCC[C@H]1CO)C12C[C@H]3C[C@@H](C1)CC(n1cncn1)(C3)C2. The van der Waals surface area contributed by atoms with E-state index in [2.05, 4.69) is 25.0 Å². The molecule has 1 amide bonds. The molecule has 5 aliphatic rings. The van der Waals surface area contributed by atoms with Gasteiger partial charge in [-0.2, -0.15) is 5.10 Å². The van der Waals surface area contributed by atoms with Gasteiger partial charge in [-0.25, -0.2) is 9.67 Å². The summed E-state index contributed by atoms with van der Waals surface area (Å²) in [5, 5.41) is 17.4. The molecule has 5 fully saturated rings. The Morgan fingerprint density at radius 1 is 1.21 bits per heavy atom. The molecule has 4 aliphatic carbocycles. The third-order valence-electron chi connectivity index (χ3n) is 8.06. The molecule has 28 heavy (non-hydrogen) atoms. The average molecular weight is 388 g/mol. The molecule has 4 saturated carbocycles. The smallest absolute Gasteiger partial charge is 0.226 e. The summed E-state index contributed by atoms with van der Waals surface area (Å²) in [5.41, 5.74) is -0.235. The van der Waals surface area contributed by atoms with Crippen LogP contribution in [-0.4, -0.2) is 63.0 Å². The van der Waals surface area contributed by atoms with Gasteiger partial charge in [0.15, 0.2) is 0 Å². The number of rotatable bonds is 6. The molecule has 7 nitrogen and oxygen atoms in total. The van der Waals surface area contributed by atoms with Crippen molar-refractivity contribution in [3.05, 3.63) is 12.7 Å². The van der Waals surface area contributed by atoms with Crippen LogP contribution in [0.3, 0.4) is 0 Å². The molecule has 7 heteroatoms. The highest BCUT2D eigenvalue weighted by Crippen LogP contribution is 2.64. The van der Waals surface area contributed by atoms with Gasteiger partial charge in [0.2, 0.25) is 5.91 Å². The number of nitrogens with zero attached hydrogens (tertiary/aromatic N) is 4. The summed E-state index contributed by atoms with van der Waals surface area (Å²) in [7, 11) is 0. The molecule has 2 N–H and O–H groups in total. The van der Waals surface area contributed by atoms with E-state index in [4.69, 9.17) is 0 Å². The Balaban J connectivity index is 1.26. The van der Waals surface area contributed by atoms with E-state index in [-0.39, 0.29) is 29.5 Å². The van der Waals surface area contributed by atoms with E-state index in [1.807, 2.05) is 6.33 Å². The van der Waals surface area contributed by atoms with E-state index in [9.17, 15) is 9.90 Å². The van der Waals surface area contributed by atoms with E-state index in [0.717, 1.165) is 51.6 Å². The number of aliphatic hydroxyl groups is 1. The summed E-state index contributed by atoms with van der Waals surface area (Å²) in [6, 6.07) is 0.265. The molecule has 6 rings (SSSR count). The van der Waals surface area contributed by atoms with Crippen LogP contribution in [0.2, 0.25) is 0 Å². The second-order valence-corrected chi connectivity index (χ2v) is 9.93. The Bertz CT molecular complexity index is 692. The van der Waals surface area contributed by atoms with E-state index in [0.29, 0.717) is 18.4 Å². The zero-order chi connectivity index (χ0) is 19.2. The van der Waals surface area contributed by atoms with Crippen LogP contribution in [0.5, 0.6) is 0 Å². The third-order valence-corrected chi connectivity index (χ3v) is 8.06. The van der Waals surface area contributed by atoms with Crippen molar-refractivity contribution in [3.63, 3.8) is 0 Å². The molecular formula is C21H33N5O2. The summed E-state index contributed by atoms with van der Waals surface area (Å²) in [5.74, 6) is 1.53. The van der Waals surface area contributed by atoms with Crippen molar-refractivity contribution in [1.29, 1.82) is 0 Å². The van der Waals surface area contributed by atoms with Crippen LogP contribution < -0.4 is 5.32 Å². The van der Waals surface area contributed by atoms with Gasteiger partial charge in [-0.1, -0.05) is 6.42 Å². The van der Waals surface area contributed by atoms with Crippen molar-refractivity contribution < 1.29 is 9.90 Å². The van der Waals surface area contributed by atoms with Crippen molar-refractivity contribution in [3.8, 4) is 0 Å². The number of hydrogen-bond donors (Lipinski definition) is 2. The molecule has 2 unspecified atom stereocenters. The molecule has 1 aromatic heterocycles. The molecule has 154 valence electrons. The molecule has 4 bridgehead atoms. The maximum absolute atomic E-state index is 13.4. The molecule has 0 aromatic carbocycles. The predicted molar refractivity (Wildman–Crippen MR) is 104 cm³/mol. The first kappa shape index (κ1) is 18.6. The summed E-state index contributed by atoms with van der Waals surface area (Å²) >= 11 is 0. The summed E-state index contributed by atoms with van der Waals surface area (Å²) in [6.07, 6.45) is 13.5. The Labute approximate surface area is 166 Å². The largest absolute Gasteiger partial charge is 0.395 e. The molecule has 1 saturated heterocycles. The average Bonchev–Trinajstić information content (AvgIpc) is 3.23. The second-order valence-electron chi connectivity index (χ2n) is 9.93. The van der Waals surface area contributed by atoms with Crippen LogP contribution in [0.25, 0.3) is 0 Å². The zero-order valence-corrected chi connectivity index (χ0v) is 16.7. The van der Waals surface area contributed by atoms with E-state index in [1.54, 1.807) is 6.33 Å². The highest BCUT2D eigenvalue weighted by Gasteiger charge is 2.61. The minimum atomic E-state index is -0.228. The lowest BCUT2D eigenvalue weighted by atomic mass is 9.46. The quantitative estimate of drug-likeness (QED) is 0.774. The van der Waals surface area contributed by atoms with Gasteiger partial charge in [-0.05, 0) is 69.7 Å². The number of piperidine rings is 1. The maximum Gasteiger partial charge on any atom is 0.226 e. The van der Waals surface area contributed by atoms with E-state index < -0.39 is 0 Å². The van der Waals surface area contributed by atoms with Crippen molar-refractivity contribution in [1.82, 2.24) is 25.0 Å². The second kappa shape index (κ2) is 7.10. The van der Waals surface area contributed by atoms with Crippen LogP contribution in [0.4, 0.5) is 0 Å². The number of amides is 1. The Morgan fingerprint density at radius 2 is 2.04 bits per heavy atom. The van der Waals surface area contributed by atoms with Gasteiger partial charge in [0.1, 0.15) is 12.7 Å². The Hall–Kier alpha value is -1.47. The lowest BCUT2D eigenvalue weighted by Gasteiger charge is -2.60. The highest BCUT2D eigenvalue weighted by molar-refractivity contribution is 5.83. The molecule has 5 atom stereocenters. The van der Waals surface area contributed by atoms with E-state index in [1.165, 1.54) is 19.3 Å². The normalized spacial score (nSPS) is 40.0. The molecule has 0 radical (unpaired) electrons. The fourth-order valence-corrected chi connectivity index (χ4v) is 7.26. The van der Waals surface area contributed by atoms with Crippen LogP contribution in [0, 0.1) is 17.3 Å². The van der Waals surface area contributed by atoms with Gasteiger partial charge in [-0.15, -0.1) is 0 Å². The third kappa shape index (κ3) is 3.07. The first-order chi connectivity index (χ1) is 13.6. The first-order valence-electron chi connectivity index (χ1n) is 11.1. The molecular weight excluding hydrogens is 354 g/mol. The standard InChI is InChI=1S/C21H33N5O2/c27-12-18-3-1-2-5-25(18)6-4-23-19(28)20-8-16-7-17(9-20)11-21(10-16,13-20)26-15-22-14-24-26/h14-18,27H,1-13H2,(H,23,28)/t16-,17+,18-,20?,21?/m0/s1. The fraction of sp³-hybridized carbons (Fsp3) is 0.857. The van der Waals surface area contributed by atoms with E-state index >= 15 is 0 Å². The summed E-state index contributed by atoms with van der Waals surface area (Å²) < 4.78 is 2.06. The van der Waals surface area contributed by atoms with Gasteiger partial charge in [0, 0.05) is 19.1 Å². The number of hydrogen-bond acceptors (Lipinski definition) is 5. The minimum Gasteiger partial charge on any atom is -0.395 e. The van der Waals surface area contributed by atoms with Gasteiger partial charge < -0.3 is 10.4 Å². The maximum atomic E-state index is 13.4. The van der Waals surface area contributed by atoms with Crippen LogP contribution in [0.1, 0.15) is 57.8 Å². The number of nitrogens with one attached hydrogen (secondary N) is 1. The molecule has 0 spiro atoms. The van der Waals surface area contributed by atoms with Crippen molar-refractivity contribution in [2.45, 2.75) is 69.4 Å². The van der Waals surface area contributed by atoms with Crippen molar-refractivity contribution >= 4 is 5.91 Å². The topological polar surface area (TPSA) is 83.3 Å². The zero-order valence-electron chi connectivity index (χ0n) is 16.7. The van der Waals surface area contributed by atoms with Crippen LogP contribution in [-0.2, 0) is 10.3 Å². The van der Waals surface area contributed by atoms with Gasteiger partial charge in [-0.3, -0.25) is 9.69 Å². The number of aliphatic hydroxyl groups excluding tert-OH is 1. The number of carbonyl (C=O) groups is 1. The molecule has 1 aromatic rings. The van der Waals surface area contributed by atoms with Crippen molar-refractivity contribution in [2.24, 2.45) is 17.3 Å². The first-order valence-corrected chi connectivity index (χ1v) is 11.1. The fourth-order valence-electron chi connectivity index (χ4n) is 7.26. The van der Waals surface area contributed by atoms with Gasteiger partial charge in [0.25, 0.3) is 0 Å². The van der Waals surface area contributed by atoms with Gasteiger partial charge in [0.05, 0.1) is 17.6 Å². The number of likely N-dealkylation sites (tertiary alicyclic amines) is 1. The number of carbonyl (C=O) groups excluding carboxylic acids is 1. The molecule has 2 heterocycles. The van der Waals surface area contributed by atoms with Crippen LogP contribution >= 0.6 is 0 Å². The highest BCUT2D eigenvalue weighted by atomic mass is 16.3. The van der Waals surface area contributed by atoms with Gasteiger partial charge >= 0.3 is 0 Å². The lowest BCUT2D eigenvalue weighted by Crippen LogP contribution is -2.61. The summed E-state index contributed by atoms with van der Waals surface area (Å²) in [4.78, 5) is 19.9. The number of aromatic nitrogens is 3. The monoisotopic (exact) mass is 387 g/mol.